The monoisotopic (exact) mass is 265 g/mol. The molecule has 2 aromatic heterocycles. The first-order chi connectivity index (χ1) is 8.74. The van der Waals surface area contributed by atoms with E-state index in [-0.39, 0.29) is 6.04 Å². The van der Waals surface area contributed by atoms with Gasteiger partial charge in [0.15, 0.2) is 0 Å². The number of hydrogen-bond donors (Lipinski definition) is 1. The summed E-state index contributed by atoms with van der Waals surface area (Å²) in [7, 11) is 1.86. The average Bonchev–Trinajstić information content (AvgIpc) is 2.78. The van der Waals surface area contributed by atoms with Crippen LogP contribution in [0.15, 0.2) is 24.5 Å². The topological polar surface area (TPSA) is 55.6 Å². The predicted molar refractivity (Wildman–Crippen MR) is 70.4 cm³/mol. The van der Waals surface area contributed by atoms with Gasteiger partial charge in [-0.15, -0.1) is 5.10 Å². The second-order valence-electron chi connectivity index (χ2n) is 4.04. The molecule has 2 aromatic rings. The lowest BCUT2D eigenvalue weighted by molar-refractivity contribution is 0.541. The molecule has 0 aromatic carbocycles. The van der Waals surface area contributed by atoms with Crippen molar-refractivity contribution in [2.24, 2.45) is 7.05 Å². The molecule has 0 aliphatic heterocycles. The lowest BCUT2D eigenvalue weighted by Gasteiger charge is -2.18. The second-order valence-corrected chi connectivity index (χ2v) is 4.45. The molecule has 2 rings (SSSR count). The van der Waals surface area contributed by atoms with Crippen LogP contribution in [0.25, 0.3) is 0 Å². The molecule has 1 N–H and O–H groups in total. The molecule has 0 aliphatic rings. The van der Waals surface area contributed by atoms with Crippen molar-refractivity contribution in [3.05, 3.63) is 40.9 Å². The fourth-order valence-corrected chi connectivity index (χ4v) is 2.03. The fourth-order valence-electron chi connectivity index (χ4n) is 1.80. The summed E-state index contributed by atoms with van der Waals surface area (Å²) >= 11 is 6.21. The van der Waals surface area contributed by atoms with E-state index in [4.69, 9.17) is 11.6 Å². The molecule has 1 atom stereocenters. The highest BCUT2D eigenvalue weighted by atomic mass is 35.5. The Bertz CT molecular complexity index is 511. The van der Waals surface area contributed by atoms with Gasteiger partial charge in [-0.3, -0.25) is 9.67 Å². The molecular formula is C12H16ClN5. The fraction of sp³-hybridized carbons (Fsp3) is 0.417. The van der Waals surface area contributed by atoms with Crippen molar-refractivity contribution in [2.45, 2.75) is 19.4 Å². The smallest absolute Gasteiger partial charge is 0.0953 e. The molecule has 96 valence electrons. The molecule has 6 heteroatoms. The molecule has 18 heavy (non-hydrogen) atoms. The number of halogens is 1. The highest BCUT2D eigenvalue weighted by molar-refractivity contribution is 6.31. The second kappa shape index (κ2) is 5.93. The van der Waals surface area contributed by atoms with Gasteiger partial charge < -0.3 is 5.32 Å². The lowest BCUT2D eigenvalue weighted by atomic mass is 10.1. The van der Waals surface area contributed by atoms with Crippen LogP contribution in [0.5, 0.6) is 0 Å². The van der Waals surface area contributed by atoms with Gasteiger partial charge in [-0.2, -0.15) is 0 Å². The molecule has 0 bridgehead atoms. The Morgan fingerprint density at radius 1 is 1.50 bits per heavy atom. The molecule has 2 heterocycles. The van der Waals surface area contributed by atoms with Crippen molar-refractivity contribution in [1.82, 2.24) is 25.3 Å². The van der Waals surface area contributed by atoms with Crippen LogP contribution in [0, 0.1) is 0 Å². The summed E-state index contributed by atoms with van der Waals surface area (Å²) in [6, 6.07) is 3.58. The summed E-state index contributed by atoms with van der Waals surface area (Å²) in [5.41, 5.74) is 1.75. The number of rotatable bonds is 5. The number of aryl methyl sites for hydroxylation is 1. The van der Waals surface area contributed by atoms with Crippen molar-refractivity contribution in [2.75, 3.05) is 6.54 Å². The van der Waals surface area contributed by atoms with Crippen LogP contribution >= 0.6 is 11.6 Å². The highest BCUT2D eigenvalue weighted by Gasteiger charge is 2.20. The largest absolute Gasteiger partial charge is 0.304 e. The summed E-state index contributed by atoms with van der Waals surface area (Å²) in [6.45, 7) is 2.99. The predicted octanol–water partition coefficient (Wildman–Crippen LogP) is 1.95. The first kappa shape index (κ1) is 13.0. The van der Waals surface area contributed by atoms with Crippen molar-refractivity contribution in [3.8, 4) is 0 Å². The van der Waals surface area contributed by atoms with Crippen molar-refractivity contribution in [1.29, 1.82) is 0 Å². The lowest BCUT2D eigenvalue weighted by Crippen LogP contribution is -2.26. The minimum Gasteiger partial charge on any atom is -0.304 e. The van der Waals surface area contributed by atoms with Crippen LogP contribution in [0.3, 0.4) is 0 Å². The van der Waals surface area contributed by atoms with Gasteiger partial charge in [0.2, 0.25) is 0 Å². The molecular weight excluding hydrogens is 250 g/mol. The summed E-state index contributed by atoms with van der Waals surface area (Å²) < 4.78 is 1.73. The van der Waals surface area contributed by atoms with Crippen LogP contribution in [0.1, 0.15) is 30.8 Å². The van der Waals surface area contributed by atoms with E-state index < -0.39 is 0 Å². The Labute approximate surface area is 111 Å². The van der Waals surface area contributed by atoms with Gasteiger partial charge in [-0.1, -0.05) is 23.7 Å². The van der Waals surface area contributed by atoms with Crippen molar-refractivity contribution in [3.63, 3.8) is 0 Å². The van der Waals surface area contributed by atoms with Gasteiger partial charge in [0.05, 0.1) is 28.6 Å². The van der Waals surface area contributed by atoms with Crippen LogP contribution in [-0.4, -0.2) is 26.5 Å². The maximum Gasteiger partial charge on any atom is 0.0953 e. The standard InChI is InChI=1S/C12H16ClN5/c1-3-6-14-12(10-8-16-17-18(10)2)11-9(13)5-4-7-15-11/h4-5,7-8,12,14H,3,6H2,1-2H3. The van der Waals surface area contributed by atoms with E-state index in [1.165, 1.54) is 0 Å². The van der Waals surface area contributed by atoms with E-state index in [1.807, 2.05) is 19.2 Å². The zero-order valence-corrected chi connectivity index (χ0v) is 11.2. The third-order valence-corrected chi connectivity index (χ3v) is 3.02. The molecule has 0 radical (unpaired) electrons. The first-order valence-electron chi connectivity index (χ1n) is 5.92. The Morgan fingerprint density at radius 2 is 2.33 bits per heavy atom. The van der Waals surface area contributed by atoms with Gasteiger partial charge >= 0.3 is 0 Å². The van der Waals surface area contributed by atoms with Gasteiger partial charge in [0.1, 0.15) is 0 Å². The average molecular weight is 266 g/mol. The zero-order chi connectivity index (χ0) is 13.0. The summed E-state index contributed by atoms with van der Waals surface area (Å²) in [5, 5.41) is 11.9. The molecule has 0 fully saturated rings. The van der Waals surface area contributed by atoms with E-state index in [2.05, 4.69) is 27.5 Å². The van der Waals surface area contributed by atoms with Crippen LogP contribution in [0.4, 0.5) is 0 Å². The van der Waals surface area contributed by atoms with E-state index in [9.17, 15) is 0 Å². The third-order valence-electron chi connectivity index (χ3n) is 2.70. The Morgan fingerprint density at radius 3 is 2.94 bits per heavy atom. The van der Waals surface area contributed by atoms with Crippen LogP contribution in [0.2, 0.25) is 5.02 Å². The Hall–Kier alpha value is -1.46. The summed E-state index contributed by atoms with van der Waals surface area (Å²) in [4.78, 5) is 4.37. The SMILES string of the molecule is CCCNC(c1ncccc1Cl)c1cnnn1C. The third kappa shape index (κ3) is 2.68. The van der Waals surface area contributed by atoms with E-state index in [0.717, 1.165) is 24.4 Å². The first-order valence-corrected chi connectivity index (χ1v) is 6.30. The molecule has 0 spiro atoms. The van der Waals surface area contributed by atoms with Gasteiger partial charge in [0, 0.05) is 13.2 Å². The van der Waals surface area contributed by atoms with Crippen molar-refractivity contribution < 1.29 is 0 Å². The molecule has 0 amide bonds. The van der Waals surface area contributed by atoms with E-state index in [1.54, 1.807) is 17.1 Å². The molecule has 0 saturated heterocycles. The Balaban J connectivity index is 2.37. The zero-order valence-electron chi connectivity index (χ0n) is 10.5. The minimum atomic E-state index is -0.0846. The van der Waals surface area contributed by atoms with Crippen LogP contribution in [-0.2, 0) is 7.05 Å². The van der Waals surface area contributed by atoms with E-state index in [0.29, 0.717) is 5.02 Å². The number of nitrogens with one attached hydrogen (secondary N) is 1. The quantitative estimate of drug-likeness (QED) is 0.898. The van der Waals surface area contributed by atoms with Crippen molar-refractivity contribution >= 4 is 11.6 Å². The Kier molecular flexibility index (Phi) is 4.28. The number of nitrogens with zero attached hydrogens (tertiary/aromatic N) is 4. The molecule has 1 unspecified atom stereocenters. The van der Waals surface area contributed by atoms with Gasteiger partial charge in [0.25, 0.3) is 0 Å². The molecule has 0 aliphatic carbocycles. The number of hydrogen-bond acceptors (Lipinski definition) is 4. The minimum absolute atomic E-state index is 0.0846. The van der Waals surface area contributed by atoms with Crippen LogP contribution < -0.4 is 5.32 Å². The summed E-state index contributed by atoms with van der Waals surface area (Å²) in [5.74, 6) is 0. The van der Waals surface area contributed by atoms with E-state index >= 15 is 0 Å². The van der Waals surface area contributed by atoms with Gasteiger partial charge in [-0.25, -0.2) is 0 Å². The maximum absolute atomic E-state index is 6.21. The summed E-state index contributed by atoms with van der Waals surface area (Å²) in [6.07, 6.45) is 4.51. The normalized spacial score (nSPS) is 12.6. The maximum atomic E-state index is 6.21. The van der Waals surface area contributed by atoms with Gasteiger partial charge in [-0.05, 0) is 25.1 Å². The highest BCUT2D eigenvalue weighted by Crippen LogP contribution is 2.25. The molecule has 0 saturated carbocycles. The number of aromatic nitrogens is 4. The number of pyridine rings is 1. The molecule has 5 nitrogen and oxygen atoms in total.